The molecule has 0 aliphatic heterocycles. The zero-order valence-electron chi connectivity index (χ0n) is 11.1. The summed E-state index contributed by atoms with van der Waals surface area (Å²) in [7, 11) is 0. The molecule has 1 saturated carbocycles. The van der Waals surface area contributed by atoms with Crippen LogP contribution in [0.25, 0.3) is 0 Å². The van der Waals surface area contributed by atoms with Crippen molar-refractivity contribution in [3.63, 3.8) is 0 Å². The molecule has 0 amide bonds. The van der Waals surface area contributed by atoms with Gasteiger partial charge >= 0.3 is 5.97 Å². The molecule has 1 aliphatic rings. The van der Waals surface area contributed by atoms with E-state index in [9.17, 15) is 4.79 Å². The first kappa shape index (κ1) is 12.9. The second-order valence-corrected chi connectivity index (χ2v) is 4.68. The average molecular weight is 244 g/mol. The van der Waals surface area contributed by atoms with Crippen LogP contribution in [0.2, 0.25) is 0 Å². The van der Waals surface area contributed by atoms with Crippen LogP contribution in [0, 0.1) is 5.92 Å². The number of hydrogen-bond donors (Lipinski definition) is 0. The molecular formula is C16H20O2. The number of rotatable bonds is 5. The predicted molar refractivity (Wildman–Crippen MR) is 72.3 cm³/mol. The van der Waals surface area contributed by atoms with Gasteiger partial charge in [0, 0.05) is 6.08 Å². The fourth-order valence-corrected chi connectivity index (χ4v) is 2.48. The molecule has 2 heteroatoms. The van der Waals surface area contributed by atoms with Crippen molar-refractivity contribution in [3.8, 4) is 0 Å². The second-order valence-electron chi connectivity index (χ2n) is 4.68. The Morgan fingerprint density at radius 3 is 2.67 bits per heavy atom. The monoisotopic (exact) mass is 244 g/mol. The Kier molecular flexibility index (Phi) is 4.19. The summed E-state index contributed by atoms with van der Waals surface area (Å²) < 4.78 is 4.98. The van der Waals surface area contributed by atoms with Gasteiger partial charge in [-0.3, -0.25) is 0 Å². The number of carbonyl (C=O) groups is 1. The van der Waals surface area contributed by atoms with Gasteiger partial charge in [0.05, 0.1) is 6.61 Å². The van der Waals surface area contributed by atoms with E-state index in [1.165, 1.54) is 11.1 Å². The van der Waals surface area contributed by atoms with Gasteiger partial charge in [-0.1, -0.05) is 42.8 Å². The molecule has 1 aromatic rings. The zero-order chi connectivity index (χ0) is 13.0. The van der Waals surface area contributed by atoms with E-state index < -0.39 is 0 Å². The number of benzene rings is 1. The Morgan fingerprint density at radius 1 is 1.33 bits per heavy atom. The molecule has 0 spiro atoms. The lowest BCUT2D eigenvalue weighted by Gasteiger charge is -2.04. The highest BCUT2D eigenvalue weighted by molar-refractivity contribution is 5.83. The molecule has 1 fully saturated rings. The summed E-state index contributed by atoms with van der Waals surface area (Å²) in [5.74, 6) is 0.918. The third-order valence-corrected chi connectivity index (χ3v) is 3.49. The van der Waals surface area contributed by atoms with Crippen LogP contribution >= 0.6 is 0 Å². The van der Waals surface area contributed by atoms with Gasteiger partial charge in [-0.25, -0.2) is 4.79 Å². The summed E-state index contributed by atoms with van der Waals surface area (Å²) in [6.07, 6.45) is 3.77. The zero-order valence-corrected chi connectivity index (χ0v) is 11.1. The van der Waals surface area contributed by atoms with Gasteiger partial charge in [-0.05, 0) is 37.2 Å². The second kappa shape index (κ2) is 5.85. The Hall–Kier alpha value is -1.57. The maximum atomic E-state index is 11.5. The molecule has 0 N–H and O–H groups in total. The highest BCUT2D eigenvalue weighted by Gasteiger charge is 2.40. The van der Waals surface area contributed by atoms with Gasteiger partial charge in [0.25, 0.3) is 0 Å². The van der Waals surface area contributed by atoms with Crippen molar-refractivity contribution < 1.29 is 9.53 Å². The van der Waals surface area contributed by atoms with Crippen LogP contribution < -0.4 is 0 Å². The van der Waals surface area contributed by atoms with Crippen LogP contribution in [-0.4, -0.2) is 12.6 Å². The molecule has 1 aliphatic carbocycles. The molecule has 2 nitrogen and oxygen atoms in total. The first-order valence-corrected chi connectivity index (χ1v) is 6.68. The first-order valence-electron chi connectivity index (χ1n) is 6.68. The van der Waals surface area contributed by atoms with E-state index >= 15 is 0 Å². The van der Waals surface area contributed by atoms with Crippen molar-refractivity contribution in [2.75, 3.05) is 6.61 Å². The summed E-state index contributed by atoms with van der Waals surface area (Å²) in [5.41, 5.74) is 2.60. The largest absolute Gasteiger partial charge is 0.463 e. The van der Waals surface area contributed by atoms with Gasteiger partial charge in [0.2, 0.25) is 0 Å². The van der Waals surface area contributed by atoms with Crippen LogP contribution in [0.4, 0.5) is 0 Å². The standard InChI is InChI=1S/C16H20O2/c1-3-12(10-16(17)18-4-2)14-11-15(14)13-8-6-5-7-9-13/h5-10,14-15H,3-4,11H2,1-2H3/b12-10+/t14-,15-/m1/s1. The average Bonchev–Trinajstić information content (AvgIpc) is 3.17. The van der Waals surface area contributed by atoms with Gasteiger partial charge in [0.15, 0.2) is 0 Å². The highest BCUT2D eigenvalue weighted by atomic mass is 16.5. The molecule has 2 atom stereocenters. The van der Waals surface area contributed by atoms with Crippen molar-refractivity contribution in [1.29, 1.82) is 0 Å². The van der Waals surface area contributed by atoms with Crippen molar-refractivity contribution in [2.45, 2.75) is 32.6 Å². The number of ether oxygens (including phenoxy) is 1. The van der Waals surface area contributed by atoms with Gasteiger partial charge in [-0.2, -0.15) is 0 Å². The summed E-state index contributed by atoms with van der Waals surface area (Å²) in [4.78, 5) is 11.5. The molecule has 2 rings (SSSR count). The molecule has 0 saturated heterocycles. The third kappa shape index (κ3) is 3.00. The lowest BCUT2D eigenvalue weighted by Crippen LogP contribution is -2.02. The molecule has 18 heavy (non-hydrogen) atoms. The third-order valence-electron chi connectivity index (χ3n) is 3.49. The predicted octanol–water partition coefficient (Wildman–Crippen LogP) is 3.69. The maximum absolute atomic E-state index is 11.5. The van der Waals surface area contributed by atoms with Crippen LogP contribution in [0.5, 0.6) is 0 Å². The molecule has 1 aromatic carbocycles. The number of carbonyl (C=O) groups excluding carboxylic acids is 1. The van der Waals surface area contributed by atoms with Crippen LogP contribution in [0.3, 0.4) is 0 Å². The smallest absolute Gasteiger partial charge is 0.330 e. The summed E-state index contributed by atoms with van der Waals surface area (Å²) >= 11 is 0. The van der Waals surface area contributed by atoms with E-state index in [1.807, 2.05) is 13.0 Å². The molecule has 0 aromatic heterocycles. The summed E-state index contributed by atoms with van der Waals surface area (Å²) in [6, 6.07) is 10.5. The topological polar surface area (TPSA) is 26.3 Å². The molecular weight excluding hydrogens is 224 g/mol. The van der Waals surface area contributed by atoms with E-state index in [0.717, 1.165) is 12.8 Å². The molecule has 0 radical (unpaired) electrons. The minimum Gasteiger partial charge on any atom is -0.463 e. The van der Waals surface area contributed by atoms with E-state index in [1.54, 1.807) is 6.08 Å². The summed E-state index contributed by atoms with van der Waals surface area (Å²) in [6.45, 7) is 4.38. The molecule has 0 unspecified atom stereocenters. The van der Waals surface area contributed by atoms with Gasteiger partial charge in [-0.15, -0.1) is 0 Å². The summed E-state index contributed by atoms with van der Waals surface area (Å²) in [5, 5.41) is 0. The first-order chi connectivity index (χ1) is 8.76. The van der Waals surface area contributed by atoms with Crippen LogP contribution in [-0.2, 0) is 9.53 Å². The fraction of sp³-hybridized carbons (Fsp3) is 0.438. The normalized spacial score (nSPS) is 22.7. The van der Waals surface area contributed by atoms with E-state index in [4.69, 9.17) is 4.74 Å². The van der Waals surface area contributed by atoms with Crippen molar-refractivity contribution in [3.05, 3.63) is 47.5 Å². The Labute approximate surface area is 109 Å². The van der Waals surface area contributed by atoms with E-state index in [0.29, 0.717) is 18.4 Å². The lowest BCUT2D eigenvalue weighted by molar-refractivity contribution is -0.137. The Balaban J connectivity index is 2.02. The highest BCUT2D eigenvalue weighted by Crippen LogP contribution is 2.52. The molecule has 96 valence electrons. The van der Waals surface area contributed by atoms with Crippen LogP contribution in [0.1, 0.15) is 38.2 Å². The van der Waals surface area contributed by atoms with Crippen LogP contribution in [0.15, 0.2) is 42.0 Å². The Morgan fingerprint density at radius 2 is 2.06 bits per heavy atom. The van der Waals surface area contributed by atoms with Gasteiger partial charge < -0.3 is 4.74 Å². The van der Waals surface area contributed by atoms with E-state index in [-0.39, 0.29) is 5.97 Å². The lowest BCUT2D eigenvalue weighted by atomic mass is 10.0. The minimum atomic E-state index is -0.201. The maximum Gasteiger partial charge on any atom is 0.330 e. The quantitative estimate of drug-likeness (QED) is 0.583. The number of allylic oxidation sites excluding steroid dienone is 1. The fourth-order valence-electron chi connectivity index (χ4n) is 2.48. The van der Waals surface area contributed by atoms with Crippen molar-refractivity contribution >= 4 is 5.97 Å². The molecule has 0 bridgehead atoms. The minimum absolute atomic E-state index is 0.201. The van der Waals surface area contributed by atoms with E-state index in [2.05, 4.69) is 31.2 Å². The SMILES string of the molecule is CCOC(=O)/C=C(\CC)[C@H]1C[C@@H]1c1ccccc1. The number of hydrogen-bond acceptors (Lipinski definition) is 2. The number of esters is 1. The molecule has 0 heterocycles. The van der Waals surface area contributed by atoms with Crippen molar-refractivity contribution in [2.24, 2.45) is 5.92 Å². The Bertz CT molecular complexity index is 434. The van der Waals surface area contributed by atoms with Gasteiger partial charge in [0.1, 0.15) is 0 Å². The van der Waals surface area contributed by atoms with Crippen molar-refractivity contribution in [1.82, 2.24) is 0 Å².